The summed E-state index contributed by atoms with van der Waals surface area (Å²) in [5.74, 6) is 0.548. The summed E-state index contributed by atoms with van der Waals surface area (Å²) >= 11 is 5.89. The van der Waals surface area contributed by atoms with Crippen LogP contribution in [0.25, 0.3) is 0 Å². The summed E-state index contributed by atoms with van der Waals surface area (Å²) in [6.45, 7) is 0.468. The van der Waals surface area contributed by atoms with Crippen molar-refractivity contribution in [3.8, 4) is 0 Å². The van der Waals surface area contributed by atoms with Crippen molar-refractivity contribution in [2.24, 2.45) is 5.92 Å². The van der Waals surface area contributed by atoms with Crippen LogP contribution in [0, 0.1) is 5.92 Å². The lowest BCUT2D eigenvalue weighted by Gasteiger charge is -2.28. The number of carbonyl (C=O) groups is 1. The number of likely N-dealkylation sites (N-methyl/N-ethyl adjacent to an activating group) is 1. The van der Waals surface area contributed by atoms with Gasteiger partial charge in [0.2, 0.25) is 5.91 Å². The highest BCUT2D eigenvalue weighted by atomic mass is 35.5. The number of benzene rings is 1. The minimum atomic E-state index is -0.658. The summed E-state index contributed by atoms with van der Waals surface area (Å²) in [5.41, 5.74) is 0.528. The predicted molar refractivity (Wildman–Crippen MR) is 83.4 cm³/mol. The molecule has 0 saturated heterocycles. The smallest absolute Gasteiger partial charge is 0.226 e. The Balaban J connectivity index is 1.58. The van der Waals surface area contributed by atoms with E-state index in [4.69, 9.17) is 11.6 Å². The summed E-state index contributed by atoms with van der Waals surface area (Å²) in [4.78, 5) is 14.2. The Morgan fingerprint density at radius 1 is 1.33 bits per heavy atom. The molecule has 21 heavy (non-hydrogen) atoms. The number of nitrogens with zero attached hydrogens (tertiary/aromatic N) is 1. The first-order valence-corrected chi connectivity index (χ1v) is 8.09. The number of halogens is 1. The molecular formula is C17H22ClNO2. The summed E-state index contributed by atoms with van der Waals surface area (Å²) in [7, 11) is 1.82. The van der Waals surface area contributed by atoms with Crippen LogP contribution >= 0.6 is 11.6 Å². The molecule has 4 heteroatoms. The summed E-state index contributed by atoms with van der Waals surface area (Å²) < 4.78 is 0. The number of hydrogen-bond acceptors (Lipinski definition) is 2. The SMILES string of the molecule is CN(CC1(O)CCCC1)C(=O)C1CC1c1ccc(Cl)cc1. The van der Waals surface area contributed by atoms with Crippen LogP contribution in [0.2, 0.25) is 5.02 Å². The first-order valence-electron chi connectivity index (χ1n) is 7.71. The molecule has 2 atom stereocenters. The third-order valence-corrected chi connectivity index (χ3v) is 5.10. The number of amides is 1. The molecule has 1 amide bonds. The van der Waals surface area contributed by atoms with Crippen molar-refractivity contribution in [1.29, 1.82) is 0 Å². The van der Waals surface area contributed by atoms with Gasteiger partial charge in [0, 0.05) is 24.5 Å². The van der Waals surface area contributed by atoms with E-state index in [1.807, 2.05) is 31.3 Å². The zero-order valence-corrected chi connectivity index (χ0v) is 13.1. The Bertz CT molecular complexity index is 522. The molecule has 1 N–H and O–H groups in total. The topological polar surface area (TPSA) is 40.5 Å². The van der Waals surface area contributed by atoms with E-state index in [9.17, 15) is 9.90 Å². The second-order valence-electron chi connectivity index (χ2n) is 6.63. The van der Waals surface area contributed by atoms with E-state index < -0.39 is 5.60 Å². The van der Waals surface area contributed by atoms with Crippen LogP contribution in [0.4, 0.5) is 0 Å². The minimum absolute atomic E-state index is 0.0705. The van der Waals surface area contributed by atoms with E-state index in [0.29, 0.717) is 12.5 Å². The first-order chi connectivity index (χ1) is 9.98. The fourth-order valence-electron chi connectivity index (χ4n) is 3.54. The third-order valence-electron chi connectivity index (χ3n) is 4.85. The van der Waals surface area contributed by atoms with E-state index in [1.54, 1.807) is 4.90 Å². The Kier molecular flexibility index (Phi) is 3.98. The van der Waals surface area contributed by atoms with Gasteiger partial charge in [-0.3, -0.25) is 4.79 Å². The molecular weight excluding hydrogens is 286 g/mol. The largest absolute Gasteiger partial charge is 0.388 e. The molecule has 0 radical (unpaired) electrons. The zero-order chi connectivity index (χ0) is 15.0. The van der Waals surface area contributed by atoms with Crippen LogP contribution < -0.4 is 0 Å². The lowest BCUT2D eigenvalue weighted by atomic mass is 10.0. The number of hydrogen-bond donors (Lipinski definition) is 1. The molecule has 0 aromatic heterocycles. The van der Waals surface area contributed by atoms with Gasteiger partial charge in [-0.05, 0) is 42.9 Å². The van der Waals surface area contributed by atoms with Crippen molar-refractivity contribution < 1.29 is 9.90 Å². The molecule has 0 aliphatic heterocycles. The van der Waals surface area contributed by atoms with Gasteiger partial charge < -0.3 is 10.0 Å². The molecule has 1 aromatic carbocycles. The van der Waals surface area contributed by atoms with E-state index >= 15 is 0 Å². The predicted octanol–water partition coefficient (Wildman–Crippen LogP) is 3.21. The quantitative estimate of drug-likeness (QED) is 0.928. The maximum Gasteiger partial charge on any atom is 0.226 e. The third kappa shape index (κ3) is 3.24. The highest BCUT2D eigenvalue weighted by Gasteiger charge is 2.46. The second-order valence-corrected chi connectivity index (χ2v) is 7.06. The number of rotatable bonds is 4. The van der Waals surface area contributed by atoms with Crippen LogP contribution in [0.5, 0.6) is 0 Å². The molecule has 2 fully saturated rings. The molecule has 2 aliphatic rings. The van der Waals surface area contributed by atoms with Crippen molar-refractivity contribution in [1.82, 2.24) is 4.90 Å². The Morgan fingerprint density at radius 3 is 2.57 bits per heavy atom. The first kappa shape index (κ1) is 14.9. The maximum absolute atomic E-state index is 12.5. The lowest BCUT2D eigenvalue weighted by Crippen LogP contribution is -2.42. The second kappa shape index (κ2) is 5.62. The van der Waals surface area contributed by atoms with E-state index in [0.717, 1.165) is 37.1 Å². The number of aliphatic hydroxyl groups is 1. The molecule has 0 heterocycles. The molecule has 3 nitrogen and oxygen atoms in total. The Hall–Kier alpha value is -1.06. The van der Waals surface area contributed by atoms with Gasteiger partial charge in [-0.1, -0.05) is 36.6 Å². The van der Waals surface area contributed by atoms with Crippen molar-refractivity contribution in [2.75, 3.05) is 13.6 Å². The Morgan fingerprint density at radius 2 is 1.95 bits per heavy atom. The zero-order valence-electron chi connectivity index (χ0n) is 12.4. The summed E-state index contributed by atoms with van der Waals surface area (Å²) in [6, 6.07) is 7.76. The standard InChI is InChI=1S/C17H22ClNO2/c1-19(11-17(21)8-2-3-9-17)16(20)15-10-14(15)12-4-6-13(18)7-5-12/h4-7,14-15,21H,2-3,8-11H2,1H3. The van der Waals surface area contributed by atoms with Gasteiger partial charge in [-0.2, -0.15) is 0 Å². The van der Waals surface area contributed by atoms with E-state index in [-0.39, 0.29) is 11.8 Å². The summed E-state index contributed by atoms with van der Waals surface area (Å²) in [5, 5.41) is 11.1. The maximum atomic E-state index is 12.5. The van der Waals surface area contributed by atoms with Crippen LogP contribution in [0.1, 0.15) is 43.6 Å². The molecule has 1 aromatic rings. The van der Waals surface area contributed by atoms with E-state index in [2.05, 4.69) is 0 Å². The van der Waals surface area contributed by atoms with Crippen molar-refractivity contribution in [3.63, 3.8) is 0 Å². The van der Waals surface area contributed by atoms with Crippen molar-refractivity contribution in [2.45, 2.75) is 43.6 Å². The van der Waals surface area contributed by atoms with Gasteiger partial charge in [-0.15, -0.1) is 0 Å². The van der Waals surface area contributed by atoms with Crippen LogP contribution in [-0.2, 0) is 4.79 Å². The van der Waals surface area contributed by atoms with Gasteiger partial charge in [0.1, 0.15) is 0 Å². The average molecular weight is 308 g/mol. The van der Waals surface area contributed by atoms with Crippen LogP contribution in [0.15, 0.2) is 24.3 Å². The fourth-order valence-corrected chi connectivity index (χ4v) is 3.67. The van der Waals surface area contributed by atoms with Crippen LogP contribution in [0.3, 0.4) is 0 Å². The highest BCUT2D eigenvalue weighted by Crippen LogP contribution is 2.48. The van der Waals surface area contributed by atoms with Crippen molar-refractivity contribution in [3.05, 3.63) is 34.9 Å². The van der Waals surface area contributed by atoms with Gasteiger partial charge in [-0.25, -0.2) is 0 Å². The highest BCUT2D eigenvalue weighted by molar-refractivity contribution is 6.30. The average Bonchev–Trinajstić information content (AvgIpc) is 3.14. The van der Waals surface area contributed by atoms with Gasteiger partial charge >= 0.3 is 0 Å². The van der Waals surface area contributed by atoms with Gasteiger partial charge in [0.15, 0.2) is 0 Å². The molecule has 2 aliphatic carbocycles. The van der Waals surface area contributed by atoms with Gasteiger partial charge in [0.05, 0.1) is 5.60 Å². The van der Waals surface area contributed by atoms with E-state index in [1.165, 1.54) is 5.56 Å². The fraction of sp³-hybridized carbons (Fsp3) is 0.588. The normalized spacial score (nSPS) is 26.6. The van der Waals surface area contributed by atoms with Crippen LogP contribution in [-0.4, -0.2) is 35.1 Å². The summed E-state index contributed by atoms with van der Waals surface area (Å²) in [6.07, 6.45) is 4.67. The molecule has 2 saturated carbocycles. The van der Waals surface area contributed by atoms with Crippen molar-refractivity contribution >= 4 is 17.5 Å². The molecule has 114 valence electrons. The monoisotopic (exact) mass is 307 g/mol. The van der Waals surface area contributed by atoms with Gasteiger partial charge in [0.25, 0.3) is 0 Å². The minimum Gasteiger partial charge on any atom is -0.388 e. The lowest BCUT2D eigenvalue weighted by molar-refractivity contribution is -0.134. The Labute approximate surface area is 130 Å². The molecule has 3 rings (SSSR count). The molecule has 2 unspecified atom stereocenters. The molecule has 0 bridgehead atoms. The molecule has 0 spiro atoms. The number of carbonyl (C=O) groups excluding carboxylic acids is 1.